The molecule has 0 saturated carbocycles. The summed E-state index contributed by atoms with van der Waals surface area (Å²) in [5.41, 5.74) is 13.0. The summed E-state index contributed by atoms with van der Waals surface area (Å²) < 4.78 is 0. The highest BCUT2D eigenvalue weighted by atomic mass is 16.2. The van der Waals surface area contributed by atoms with Crippen LogP contribution in [0.3, 0.4) is 0 Å². The van der Waals surface area contributed by atoms with Crippen molar-refractivity contribution in [2.24, 2.45) is 5.73 Å². The SMILES string of the molecule is CCN(CC(N)=O)CC(=O)Nc1ccc(N)cc1C. The summed E-state index contributed by atoms with van der Waals surface area (Å²) in [6.45, 7) is 4.52. The third kappa shape index (κ3) is 4.97. The molecule has 0 bridgehead atoms. The summed E-state index contributed by atoms with van der Waals surface area (Å²) in [7, 11) is 0. The molecule has 0 fully saturated rings. The summed E-state index contributed by atoms with van der Waals surface area (Å²) in [4.78, 5) is 24.4. The smallest absolute Gasteiger partial charge is 0.238 e. The predicted molar refractivity (Wildman–Crippen MR) is 75.5 cm³/mol. The highest BCUT2D eigenvalue weighted by Crippen LogP contribution is 2.17. The van der Waals surface area contributed by atoms with Crippen LogP contribution < -0.4 is 16.8 Å². The van der Waals surface area contributed by atoms with E-state index < -0.39 is 5.91 Å². The Morgan fingerprint density at radius 1 is 1.32 bits per heavy atom. The van der Waals surface area contributed by atoms with E-state index in [-0.39, 0.29) is 19.0 Å². The van der Waals surface area contributed by atoms with Crippen molar-refractivity contribution in [1.82, 2.24) is 4.90 Å². The second-order valence-electron chi connectivity index (χ2n) is 4.39. The van der Waals surface area contributed by atoms with Gasteiger partial charge in [-0.25, -0.2) is 0 Å². The van der Waals surface area contributed by atoms with Gasteiger partial charge in [-0.3, -0.25) is 14.5 Å². The van der Waals surface area contributed by atoms with Crippen LogP contribution in [0.5, 0.6) is 0 Å². The van der Waals surface area contributed by atoms with Crippen molar-refractivity contribution in [3.63, 3.8) is 0 Å². The van der Waals surface area contributed by atoms with Gasteiger partial charge in [-0.2, -0.15) is 0 Å². The molecule has 0 aromatic heterocycles. The highest BCUT2D eigenvalue weighted by molar-refractivity contribution is 5.93. The number of amides is 2. The summed E-state index contributed by atoms with van der Waals surface area (Å²) in [6, 6.07) is 5.27. The van der Waals surface area contributed by atoms with Crippen LogP contribution >= 0.6 is 0 Å². The number of primary amides is 1. The van der Waals surface area contributed by atoms with E-state index in [1.165, 1.54) is 0 Å². The van der Waals surface area contributed by atoms with Crippen molar-refractivity contribution in [3.05, 3.63) is 23.8 Å². The van der Waals surface area contributed by atoms with E-state index in [1.54, 1.807) is 23.1 Å². The first-order chi connectivity index (χ1) is 8.92. The molecule has 0 unspecified atom stereocenters. The Labute approximate surface area is 112 Å². The average Bonchev–Trinajstić information content (AvgIpc) is 2.31. The Morgan fingerprint density at radius 3 is 2.53 bits per heavy atom. The molecule has 1 rings (SSSR count). The molecule has 5 N–H and O–H groups in total. The zero-order valence-electron chi connectivity index (χ0n) is 11.3. The quantitative estimate of drug-likeness (QED) is 0.644. The molecular weight excluding hydrogens is 244 g/mol. The minimum atomic E-state index is -0.446. The molecule has 1 aromatic rings. The second-order valence-corrected chi connectivity index (χ2v) is 4.39. The first-order valence-corrected chi connectivity index (χ1v) is 6.09. The molecule has 1 aromatic carbocycles. The van der Waals surface area contributed by atoms with Crippen LogP contribution in [0.2, 0.25) is 0 Å². The molecule has 19 heavy (non-hydrogen) atoms. The van der Waals surface area contributed by atoms with Gasteiger partial charge in [0.25, 0.3) is 0 Å². The third-order valence-electron chi connectivity index (χ3n) is 2.72. The monoisotopic (exact) mass is 264 g/mol. The van der Waals surface area contributed by atoms with Gasteiger partial charge in [-0.1, -0.05) is 6.92 Å². The molecule has 0 spiro atoms. The van der Waals surface area contributed by atoms with Gasteiger partial charge >= 0.3 is 0 Å². The number of likely N-dealkylation sites (N-methyl/N-ethyl adjacent to an activating group) is 1. The molecule has 0 heterocycles. The number of hydrogen-bond acceptors (Lipinski definition) is 4. The van der Waals surface area contributed by atoms with Crippen LogP contribution in [0.1, 0.15) is 12.5 Å². The molecule has 0 radical (unpaired) electrons. The number of nitrogens with zero attached hydrogens (tertiary/aromatic N) is 1. The maximum atomic E-state index is 11.9. The Hall–Kier alpha value is -2.08. The maximum absolute atomic E-state index is 11.9. The largest absolute Gasteiger partial charge is 0.399 e. The molecule has 0 saturated heterocycles. The molecular formula is C13H20N4O2. The Balaban J connectivity index is 2.61. The van der Waals surface area contributed by atoms with Gasteiger partial charge in [0.15, 0.2) is 0 Å². The fourth-order valence-corrected chi connectivity index (χ4v) is 1.72. The zero-order valence-corrected chi connectivity index (χ0v) is 11.3. The number of nitrogens with two attached hydrogens (primary N) is 2. The van der Waals surface area contributed by atoms with Gasteiger partial charge in [0.05, 0.1) is 13.1 Å². The Kier molecular flexibility index (Phi) is 5.32. The lowest BCUT2D eigenvalue weighted by Crippen LogP contribution is -2.39. The van der Waals surface area contributed by atoms with Crippen molar-refractivity contribution < 1.29 is 9.59 Å². The summed E-state index contributed by atoms with van der Waals surface area (Å²) in [5, 5.41) is 2.79. The number of benzene rings is 1. The van der Waals surface area contributed by atoms with E-state index in [0.717, 1.165) is 5.56 Å². The van der Waals surface area contributed by atoms with E-state index in [4.69, 9.17) is 11.5 Å². The van der Waals surface area contributed by atoms with Gasteiger partial charge in [-0.05, 0) is 37.2 Å². The second kappa shape index (κ2) is 6.75. The first-order valence-electron chi connectivity index (χ1n) is 6.09. The van der Waals surface area contributed by atoms with E-state index in [9.17, 15) is 9.59 Å². The number of rotatable bonds is 6. The number of aryl methyl sites for hydroxylation is 1. The van der Waals surface area contributed by atoms with Crippen LogP contribution in [-0.2, 0) is 9.59 Å². The molecule has 104 valence electrons. The van der Waals surface area contributed by atoms with Crippen LogP contribution in [-0.4, -0.2) is 36.3 Å². The van der Waals surface area contributed by atoms with Gasteiger partial charge < -0.3 is 16.8 Å². The molecule has 6 heteroatoms. The van der Waals surface area contributed by atoms with E-state index >= 15 is 0 Å². The molecule has 6 nitrogen and oxygen atoms in total. The van der Waals surface area contributed by atoms with Gasteiger partial charge in [0.1, 0.15) is 0 Å². The van der Waals surface area contributed by atoms with Crippen molar-refractivity contribution >= 4 is 23.2 Å². The average molecular weight is 264 g/mol. The van der Waals surface area contributed by atoms with Crippen molar-refractivity contribution in [2.75, 3.05) is 30.7 Å². The van der Waals surface area contributed by atoms with Crippen LogP contribution in [0.4, 0.5) is 11.4 Å². The van der Waals surface area contributed by atoms with Gasteiger partial charge in [0.2, 0.25) is 11.8 Å². The lowest BCUT2D eigenvalue weighted by Gasteiger charge is -2.18. The lowest BCUT2D eigenvalue weighted by molar-refractivity contribution is -0.121. The fourth-order valence-electron chi connectivity index (χ4n) is 1.72. The van der Waals surface area contributed by atoms with E-state index in [1.807, 2.05) is 13.8 Å². The minimum Gasteiger partial charge on any atom is -0.399 e. The van der Waals surface area contributed by atoms with E-state index in [0.29, 0.717) is 17.9 Å². The lowest BCUT2D eigenvalue weighted by atomic mass is 10.2. The zero-order chi connectivity index (χ0) is 14.4. The van der Waals surface area contributed by atoms with Gasteiger partial charge in [0, 0.05) is 11.4 Å². The molecule has 0 aliphatic carbocycles. The maximum Gasteiger partial charge on any atom is 0.238 e. The van der Waals surface area contributed by atoms with Crippen molar-refractivity contribution in [1.29, 1.82) is 0 Å². The van der Waals surface area contributed by atoms with Crippen molar-refractivity contribution in [3.8, 4) is 0 Å². The fraction of sp³-hybridized carbons (Fsp3) is 0.385. The predicted octanol–water partition coefficient (Wildman–Crippen LogP) is 0.323. The summed E-state index contributed by atoms with van der Waals surface area (Å²) in [5.74, 6) is -0.630. The Morgan fingerprint density at radius 2 is 2.00 bits per heavy atom. The minimum absolute atomic E-state index is 0.0740. The number of anilines is 2. The normalized spacial score (nSPS) is 10.5. The molecule has 2 amide bonds. The summed E-state index contributed by atoms with van der Waals surface area (Å²) in [6.07, 6.45) is 0. The first kappa shape index (κ1) is 15.0. The number of carbonyl (C=O) groups is 2. The topological polar surface area (TPSA) is 101 Å². The van der Waals surface area contributed by atoms with Crippen molar-refractivity contribution in [2.45, 2.75) is 13.8 Å². The molecule has 0 aliphatic rings. The Bertz CT molecular complexity index is 474. The van der Waals surface area contributed by atoms with E-state index in [2.05, 4.69) is 5.32 Å². The summed E-state index contributed by atoms with van der Waals surface area (Å²) >= 11 is 0. The number of nitrogens with one attached hydrogen (secondary N) is 1. The van der Waals surface area contributed by atoms with Crippen LogP contribution in [0, 0.1) is 6.92 Å². The number of nitrogen functional groups attached to an aromatic ring is 1. The standard InChI is InChI=1S/C13H20N4O2/c1-3-17(7-12(15)18)8-13(19)16-11-5-4-10(14)6-9(11)2/h4-6H,3,7-8,14H2,1-2H3,(H2,15,18)(H,16,19). The number of carbonyl (C=O) groups excluding carboxylic acids is 2. The highest BCUT2D eigenvalue weighted by Gasteiger charge is 2.12. The molecule has 0 atom stereocenters. The third-order valence-corrected chi connectivity index (χ3v) is 2.72. The number of hydrogen-bond donors (Lipinski definition) is 3. The van der Waals surface area contributed by atoms with Crippen LogP contribution in [0.15, 0.2) is 18.2 Å². The van der Waals surface area contributed by atoms with Gasteiger partial charge in [-0.15, -0.1) is 0 Å². The van der Waals surface area contributed by atoms with Crippen LogP contribution in [0.25, 0.3) is 0 Å². The molecule has 0 aliphatic heterocycles.